The zero-order valence-electron chi connectivity index (χ0n) is 50.9. The van der Waals surface area contributed by atoms with E-state index in [4.69, 9.17) is 19.9 Å². The van der Waals surface area contributed by atoms with Crippen LogP contribution in [0, 0.1) is 16.9 Å². The van der Waals surface area contributed by atoms with E-state index < -0.39 is 5.41 Å². The number of aliphatic hydroxyl groups is 1. The molecule has 16 aromatic rings. The molecule has 0 amide bonds. The van der Waals surface area contributed by atoms with E-state index in [0.29, 0.717) is 0 Å². The van der Waals surface area contributed by atoms with Crippen LogP contribution in [-0.2, 0) is 24.9 Å². The molecule has 0 bridgehead atoms. The second-order valence-corrected chi connectivity index (χ2v) is 25.0. The third-order valence-electron chi connectivity index (χ3n) is 16.9. The number of rotatable bonds is 5. The predicted molar refractivity (Wildman–Crippen MR) is 374 cm³/mol. The molecule has 1 radical (unpaired) electrons. The minimum absolute atomic E-state index is 0. The molecule has 3 heterocycles. The minimum Gasteiger partial charge on any atom is -0.512 e. The molecule has 0 aliphatic heterocycles. The average Bonchev–Trinajstić information content (AvgIpc) is 0.751. The maximum atomic E-state index is 11.5. The van der Waals surface area contributed by atoms with Crippen LogP contribution in [0.5, 0.6) is 0 Å². The summed E-state index contributed by atoms with van der Waals surface area (Å²) in [6.07, 6.45) is 1.33. The SMILES string of the molecule is CC(C)(C)C(=O)C=C(O)C(C)(C)C.[Ir].[c-]1cccc2c1c1nc3cc4ccccc4cc3nc1c1c3ccccc3ccc21.c1ccc(-c2cc(-c3ccc4ccccc4c3)nc3c2ccc2c(-c4ccccc4)cc(-c4ccc5ccccc5c4)nc23)cc1. The summed E-state index contributed by atoms with van der Waals surface area (Å²) in [5.74, 6) is 0.104. The fraction of sp³-hybridized carbons (Fsp3) is 0.0964. The van der Waals surface area contributed by atoms with Crippen LogP contribution in [-0.4, -0.2) is 30.8 Å². The van der Waals surface area contributed by atoms with Crippen molar-refractivity contribution in [3.05, 3.63) is 279 Å². The predicted octanol–water partition coefficient (Wildman–Crippen LogP) is 22.0. The van der Waals surface area contributed by atoms with Gasteiger partial charge in [0.2, 0.25) is 0 Å². The molecule has 0 saturated heterocycles. The van der Waals surface area contributed by atoms with E-state index in [0.717, 1.165) is 99.4 Å². The smallest absolute Gasteiger partial charge is 0.164 e. The van der Waals surface area contributed by atoms with E-state index in [9.17, 15) is 9.90 Å². The number of hydrogen-bond donors (Lipinski definition) is 1. The monoisotopic (exact) mass is 1340 g/mol. The summed E-state index contributed by atoms with van der Waals surface area (Å²) in [6, 6.07) is 95.5. The maximum Gasteiger partial charge on any atom is 0.164 e. The molecule has 0 aliphatic carbocycles. The van der Waals surface area contributed by atoms with Gasteiger partial charge in [0.05, 0.1) is 39.0 Å². The van der Waals surface area contributed by atoms with Gasteiger partial charge in [-0.3, -0.25) is 14.8 Å². The van der Waals surface area contributed by atoms with Crippen molar-refractivity contribution < 1.29 is 30.0 Å². The van der Waals surface area contributed by atoms with Gasteiger partial charge in [-0.2, -0.15) is 0 Å². The van der Waals surface area contributed by atoms with Crippen molar-refractivity contribution >= 4 is 114 Å². The Bertz CT molecular complexity index is 5310. The maximum absolute atomic E-state index is 11.5. The van der Waals surface area contributed by atoms with Gasteiger partial charge in [0, 0.05) is 64.4 Å². The molecule has 7 heteroatoms. The van der Waals surface area contributed by atoms with E-state index >= 15 is 0 Å². The summed E-state index contributed by atoms with van der Waals surface area (Å²) in [7, 11) is 0. The van der Waals surface area contributed by atoms with Gasteiger partial charge in [0.15, 0.2) is 5.78 Å². The molecular weight excluding hydrogens is 1280 g/mol. The van der Waals surface area contributed by atoms with Crippen molar-refractivity contribution in [3.63, 3.8) is 0 Å². The van der Waals surface area contributed by atoms with Crippen LogP contribution in [0.3, 0.4) is 0 Å². The summed E-state index contributed by atoms with van der Waals surface area (Å²) in [4.78, 5) is 32.6. The number of aromatic nitrogens is 4. The van der Waals surface area contributed by atoms with E-state index in [1.165, 1.54) is 59.9 Å². The minimum atomic E-state index is -0.417. The van der Waals surface area contributed by atoms with Crippen LogP contribution in [0.15, 0.2) is 273 Å². The number of ketones is 1. The van der Waals surface area contributed by atoms with Crippen molar-refractivity contribution in [2.45, 2.75) is 41.5 Å². The molecule has 0 aliphatic rings. The quantitative estimate of drug-likeness (QED) is 0.0607. The number of hydrogen-bond acceptors (Lipinski definition) is 6. The zero-order chi connectivity index (χ0) is 61.0. The van der Waals surface area contributed by atoms with E-state index in [-0.39, 0.29) is 37.1 Å². The topological polar surface area (TPSA) is 88.9 Å². The normalized spacial score (nSPS) is 12.0. The van der Waals surface area contributed by atoms with Crippen LogP contribution in [0.25, 0.3) is 153 Å². The van der Waals surface area contributed by atoms with E-state index in [2.05, 4.69) is 255 Å². The summed E-state index contributed by atoms with van der Waals surface area (Å²) >= 11 is 0. The van der Waals surface area contributed by atoms with Gasteiger partial charge < -0.3 is 5.11 Å². The Hall–Kier alpha value is -10.3. The Morgan fingerprint density at radius 3 is 1.29 bits per heavy atom. The van der Waals surface area contributed by atoms with Gasteiger partial charge in [-0.1, -0.05) is 259 Å². The first kappa shape index (κ1) is 58.7. The Balaban J connectivity index is 0.000000144. The fourth-order valence-electron chi connectivity index (χ4n) is 11.9. The Labute approximate surface area is 536 Å². The number of fused-ring (bicyclic) bond motifs is 15. The molecule has 90 heavy (non-hydrogen) atoms. The summed E-state index contributed by atoms with van der Waals surface area (Å²) in [6.45, 7) is 11.1. The molecule has 16 rings (SSSR count). The van der Waals surface area contributed by atoms with Crippen LogP contribution < -0.4 is 0 Å². The second kappa shape index (κ2) is 24.0. The van der Waals surface area contributed by atoms with Gasteiger partial charge >= 0.3 is 0 Å². The molecule has 437 valence electrons. The van der Waals surface area contributed by atoms with Crippen molar-refractivity contribution in [1.29, 1.82) is 0 Å². The molecule has 0 unspecified atom stereocenters. The second-order valence-electron chi connectivity index (χ2n) is 25.0. The van der Waals surface area contributed by atoms with Gasteiger partial charge in [0.1, 0.15) is 5.76 Å². The number of pyridine rings is 2. The summed E-state index contributed by atoms with van der Waals surface area (Å²) in [5, 5.41) is 25.9. The molecule has 0 spiro atoms. The molecule has 6 nitrogen and oxygen atoms in total. The molecule has 0 saturated carbocycles. The first-order valence-corrected chi connectivity index (χ1v) is 30.3. The van der Waals surface area contributed by atoms with Crippen molar-refractivity contribution in [1.82, 2.24) is 19.9 Å². The number of carbonyl (C=O) groups excluding carboxylic acids is 1. The molecule has 1 N–H and O–H groups in total. The third-order valence-corrected chi connectivity index (χ3v) is 16.9. The molecular formula is C83H63IrN4O2-. The van der Waals surface area contributed by atoms with Gasteiger partial charge in [-0.05, 0) is 107 Å². The Kier molecular flexibility index (Phi) is 15.7. The van der Waals surface area contributed by atoms with Crippen LogP contribution in [0.4, 0.5) is 0 Å². The van der Waals surface area contributed by atoms with Crippen molar-refractivity contribution in [3.8, 4) is 44.8 Å². The van der Waals surface area contributed by atoms with Crippen molar-refractivity contribution in [2.75, 3.05) is 0 Å². The van der Waals surface area contributed by atoms with Crippen LogP contribution in [0.2, 0.25) is 0 Å². The van der Waals surface area contributed by atoms with Crippen LogP contribution in [0.1, 0.15) is 41.5 Å². The Morgan fingerprint density at radius 2 is 0.789 bits per heavy atom. The van der Waals surface area contributed by atoms with Crippen molar-refractivity contribution in [2.24, 2.45) is 10.8 Å². The number of allylic oxidation sites excluding steroid dienone is 2. The van der Waals surface area contributed by atoms with Crippen LogP contribution >= 0.6 is 0 Å². The van der Waals surface area contributed by atoms with Gasteiger partial charge in [0.25, 0.3) is 0 Å². The zero-order valence-corrected chi connectivity index (χ0v) is 53.3. The first-order valence-electron chi connectivity index (χ1n) is 30.3. The number of carbonyl (C=O) groups is 1. The van der Waals surface area contributed by atoms with E-state index in [1.807, 2.05) is 53.7 Å². The standard InChI is InChI=1S/C44H28N2.C28H15N2.C11H20O2.Ir/c1-3-13-31(14-4-1)39-27-41(35-21-19-29-11-7-9-17-33(29)25-35)45-43-37(39)23-24-38-40(32-15-5-2-6-16-32)28-42(46-44(38)43)36-22-20-30-12-8-10-18-34(30)26-36;1-2-9-19-16-25-24(15-18(19)8-1)29-27-23-12-6-5-11-21(23)22-14-13-17-7-3-4-10-20(17)26(22)28(27)30-25;1-10(2,3)8(12)7-9(13)11(4,5)6;/h1-28H;1-11,13-16H;7,12H,1-6H3;/q;-1;;. The van der Waals surface area contributed by atoms with Gasteiger partial charge in [-0.15, -0.1) is 29.7 Å². The molecule has 0 atom stereocenters. The fourth-order valence-corrected chi connectivity index (χ4v) is 11.9. The molecule has 3 aromatic heterocycles. The third kappa shape index (κ3) is 11.3. The largest absolute Gasteiger partial charge is 0.512 e. The molecule has 13 aromatic carbocycles. The molecule has 0 fully saturated rings. The number of nitrogens with zero attached hydrogens (tertiary/aromatic N) is 4. The van der Waals surface area contributed by atoms with E-state index in [1.54, 1.807) is 0 Å². The first-order chi connectivity index (χ1) is 43.2. The van der Waals surface area contributed by atoms with Gasteiger partial charge in [-0.25, -0.2) is 9.97 Å². The summed E-state index contributed by atoms with van der Waals surface area (Å²) in [5.41, 5.74) is 13.4. The number of aliphatic hydroxyl groups excluding tert-OH is 1. The Morgan fingerprint density at radius 1 is 0.367 bits per heavy atom. The summed E-state index contributed by atoms with van der Waals surface area (Å²) < 4.78 is 0. The number of benzene rings is 13. The average molecular weight is 1340 g/mol.